The van der Waals surface area contributed by atoms with Crippen molar-refractivity contribution in [2.45, 2.75) is 30.2 Å². The molecule has 1 aliphatic rings. The summed E-state index contributed by atoms with van der Waals surface area (Å²) in [5.74, 6) is -1.02. The molecule has 0 fully saturated rings. The topological polar surface area (TPSA) is 80.8 Å². The normalized spacial score (nSPS) is 14.4. The first-order valence-corrected chi connectivity index (χ1v) is 11.3. The molecule has 0 N–H and O–H groups in total. The van der Waals surface area contributed by atoms with Crippen molar-refractivity contribution in [3.63, 3.8) is 0 Å². The molecule has 4 rings (SSSR count). The number of ether oxygens (including phenoxy) is 1. The summed E-state index contributed by atoms with van der Waals surface area (Å²) < 4.78 is 31.9. The second-order valence-electron chi connectivity index (χ2n) is 7.28. The number of sulfone groups is 1. The third kappa shape index (κ3) is 3.72. The van der Waals surface area contributed by atoms with Crippen LogP contribution in [0.15, 0.2) is 76.5 Å². The number of hydrogen-bond donors (Lipinski definition) is 0. The largest absolute Gasteiger partial charge is 0.462 e. The van der Waals surface area contributed by atoms with Crippen LogP contribution >= 0.6 is 0 Å². The van der Waals surface area contributed by atoms with Gasteiger partial charge in [0.1, 0.15) is 0 Å². The van der Waals surface area contributed by atoms with Crippen molar-refractivity contribution in [1.29, 1.82) is 0 Å². The summed E-state index contributed by atoms with van der Waals surface area (Å²) in [6, 6.07) is 18.0. The molecule has 158 valence electrons. The number of carbonyl (C=O) groups is 2. The molecule has 0 atom stereocenters. The molecule has 0 bridgehead atoms. The minimum atomic E-state index is -3.97. The zero-order chi connectivity index (χ0) is 22.2. The quantitative estimate of drug-likeness (QED) is 0.575. The fraction of sp³-hybridized carbons (Fsp3) is 0.167. The van der Waals surface area contributed by atoms with E-state index in [0.29, 0.717) is 0 Å². The molecule has 1 heterocycles. The first-order valence-electron chi connectivity index (χ1n) is 9.85. The average Bonchev–Trinajstić information content (AvgIpc) is 2.82. The number of nitrogens with zero attached hydrogens (tertiary/aromatic N) is 1. The van der Waals surface area contributed by atoms with Crippen molar-refractivity contribution in [2.24, 2.45) is 0 Å². The molecule has 1 amide bonds. The van der Waals surface area contributed by atoms with Crippen molar-refractivity contribution < 1.29 is 22.7 Å². The molecule has 0 unspecified atom stereocenters. The van der Waals surface area contributed by atoms with E-state index in [4.69, 9.17) is 4.74 Å². The van der Waals surface area contributed by atoms with Gasteiger partial charge in [-0.3, -0.25) is 4.79 Å². The molecule has 3 aromatic rings. The van der Waals surface area contributed by atoms with Crippen LogP contribution in [0.5, 0.6) is 0 Å². The number of rotatable bonds is 4. The molecule has 0 saturated heterocycles. The van der Waals surface area contributed by atoms with E-state index in [1.807, 2.05) is 31.2 Å². The van der Waals surface area contributed by atoms with Gasteiger partial charge in [-0.15, -0.1) is 0 Å². The summed E-state index contributed by atoms with van der Waals surface area (Å²) in [4.78, 5) is 27.2. The Bertz CT molecular complexity index is 1300. The SMILES string of the molecule is CCOC(=O)c1ccc2c(c1)N(Cc1cccc(C)c1)C(=O)c1ccccc1S2(=O)=O. The summed E-state index contributed by atoms with van der Waals surface area (Å²) in [5.41, 5.74) is 2.31. The average molecular weight is 436 g/mol. The number of amides is 1. The van der Waals surface area contributed by atoms with Crippen molar-refractivity contribution >= 4 is 27.4 Å². The van der Waals surface area contributed by atoms with Gasteiger partial charge < -0.3 is 9.64 Å². The fourth-order valence-electron chi connectivity index (χ4n) is 3.70. The Kier molecular flexibility index (Phi) is 5.37. The number of carbonyl (C=O) groups excluding carboxylic acids is 2. The maximum Gasteiger partial charge on any atom is 0.338 e. The van der Waals surface area contributed by atoms with Crippen LogP contribution in [0.1, 0.15) is 38.8 Å². The molecular weight excluding hydrogens is 414 g/mol. The Labute approximate surface area is 181 Å². The van der Waals surface area contributed by atoms with E-state index in [1.165, 1.54) is 35.2 Å². The van der Waals surface area contributed by atoms with Crippen molar-refractivity contribution in [3.05, 3.63) is 89.0 Å². The number of esters is 1. The highest BCUT2D eigenvalue weighted by Crippen LogP contribution is 2.38. The molecule has 0 saturated carbocycles. The van der Waals surface area contributed by atoms with Crippen LogP contribution in [0.2, 0.25) is 0 Å². The Balaban J connectivity index is 1.96. The standard InChI is InChI=1S/C24H21NO5S/c1-3-30-24(27)18-11-12-22-20(14-18)25(15-17-8-6-7-16(2)13-17)23(26)19-9-4-5-10-21(19)31(22,28)29/h4-14H,3,15H2,1-2H3. The van der Waals surface area contributed by atoms with Crippen LogP contribution in [-0.2, 0) is 21.1 Å². The summed E-state index contributed by atoms with van der Waals surface area (Å²) >= 11 is 0. The summed E-state index contributed by atoms with van der Waals surface area (Å²) in [6.45, 7) is 3.98. The second kappa shape index (κ2) is 8.00. The first-order chi connectivity index (χ1) is 14.8. The maximum absolute atomic E-state index is 13.5. The van der Waals surface area contributed by atoms with Crippen LogP contribution in [0.4, 0.5) is 5.69 Å². The zero-order valence-corrected chi connectivity index (χ0v) is 18.0. The summed E-state index contributed by atoms with van der Waals surface area (Å²) in [7, 11) is -3.97. The molecule has 7 heteroatoms. The van der Waals surface area contributed by atoms with Crippen molar-refractivity contribution in [2.75, 3.05) is 11.5 Å². The van der Waals surface area contributed by atoms with Crippen LogP contribution in [-0.4, -0.2) is 26.9 Å². The zero-order valence-electron chi connectivity index (χ0n) is 17.2. The number of benzene rings is 3. The molecule has 31 heavy (non-hydrogen) atoms. The molecule has 3 aromatic carbocycles. The van der Waals surface area contributed by atoms with Gasteiger partial charge in [0.2, 0.25) is 9.84 Å². The minimum Gasteiger partial charge on any atom is -0.462 e. The Hall–Kier alpha value is -3.45. The third-order valence-electron chi connectivity index (χ3n) is 5.13. The van der Waals surface area contributed by atoms with Crippen molar-refractivity contribution in [3.8, 4) is 0 Å². The third-order valence-corrected chi connectivity index (χ3v) is 6.98. The van der Waals surface area contributed by atoms with Gasteiger partial charge in [0, 0.05) is 0 Å². The Morgan fingerprint density at radius 2 is 1.74 bits per heavy atom. The number of fused-ring (bicyclic) bond motifs is 2. The van der Waals surface area contributed by atoms with Gasteiger partial charge in [0.05, 0.1) is 39.8 Å². The molecule has 0 radical (unpaired) electrons. The van der Waals surface area contributed by atoms with E-state index >= 15 is 0 Å². The predicted octanol–water partition coefficient (Wildman–Crippen LogP) is 4.16. The lowest BCUT2D eigenvalue weighted by molar-refractivity contribution is 0.0526. The number of aryl methyl sites for hydroxylation is 1. The van der Waals surface area contributed by atoms with Crippen molar-refractivity contribution in [1.82, 2.24) is 0 Å². The summed E-state index contributed by atoms with van der Waals surface area (Å²) in [5, 5.41) is 0. The van der Waals surface area contributed by atoms with Crippen LogP contribution in [0.25, 0.3) is 0 Å². The minimum absolute atomic E-state index is 0.0218. The van der Waals surface area contributed by atoms with E-state index in [9.17, 15) is 18.0 Å². The summed E-state index contributed by atoms with van der Waals surface area (Å²) in [6.07, 6.45) is 0. The lowest BCUT2D eigenvalue weighted by Crippen LogP contribution is -2.30. The van der Waals surface area contributed by atoms with Crippen LogP contribution < -0.4 is 4.90 Å². The van der Waals surface area contributed by atoms with E-state index in [0.717, 1.165) is 11.1 Å². The molecule has 0 spiro atoms. The van der Waals surface area contributed by atoms with Gasteiger partial charge in [-0.05, 0) is 49.7 Å². The Morgan fingerprint density at radius 1 is 0.968 bits per heavy atom. The second-order valence-corrected chi connectivity index (χ2v) is 9.17. The smallest absolute Gasteiger partial charge is 0.338 e. The van der Waals surface area contributed by atoms with Gasteiger partial charge in [0.25, 0.3) is 5.91 Å². The van der Waals surface area contributed by atoms with E-state index in [1.54, 1.807) is 19.1 Å². The van der Waals surface area contributed by atoms with Crippen LogP contribution in [0, 0.1) is 6.92 Å². The maximum atomic E-state index is 13.5. The Morgan fingerprint density at radius 3 is 2.48 bits per heavy atom. The van der Waals surface area contributed by atoms with Gasteiger partial charge in [-0.2, -0.15) is 0 Å². The lowest BCUT2D eigenvalue weighted by atomic mass is 10.1. The van der Waals surface area contributed by atoms with Gasteiger partial charge in [-0.1, -0.05) is 42.0 Å². The van der Waals surface area contributed by atoms with E-state index in [2.05, 4.69) is 0 Å². The molecule has 6 nitrogen and oxygen atoms in total. The van der Waals surface area contributed by atoms with E-state index in [-0.39, 0.29) is 39.8 Å². The fourth-order valence-corrected chi connectivity index (χ4v) is 5.33. The number of anilines is 1. The highest BCUT2D eigenvalue weighted by Gasteiger charge is 2.36. The highest BCUT2D eigenvalue weighted by molar-refractivity contribution is 7.91. The first kappa shape index (κ1) is 20.8. The molecule has 1 aliphatic heterocycles. The molecular formula is C24H21NO5S. The lowest BCUT2D eigenvalue weighted by Gasteiger charge is -2.23. The predicted molar refractivity (Wildman–Crippen MR) is 116 cm³/mol. The molecule has 0 aliphatic carbocycles. The molecule has 0 aromatic heterocycles. The van der Waals surface area contributed by atoms with Crippen LogP contribution in [0.3, 0.4) is 0 Å². The van der Waals surface area contributed by atoms with Gasteiger partial charge in [0.15, 0.2) is 0 Å². The van der Waals surface area contributed by atoms with Gasteiger partial charge >= 0.3 is 5.97 Å². The highest BCUT2D eigenvalue weighted by atomic mass is 32.2. The monoisotopic (exact) mass is 435 g/mol. The van der Waals surface area contributed by atoms with Gasteiger partial charge in [-0.25, -0.2) is 13.2 Å². The number of hydrogen-bond acceptors (Lipinski definition) is 5. The van der Waals surface area contributed by atoms with E-state index < -0.39 is 21.7 Å².